The number of para-hydroxylation sites is 1. The van der Waals surface area contributed by atoms with Gasteiger partial charge in [-0.1, -0.05) is 93.6 Å². The molecular formula is C36H39Cl2NSiZr-2. The van der Waals surface area contributed by atoms with Gasteiger partial charge in [0, 0.05) is 11.7 Å². The second-order valence-corrected chi connectivity index (χ2v) is 20.3. The van der Waals surface area contributed by atoms with E-state index < -0.39 is 0 Å². The van der Waals surface area contributed by atoms with Crippen LogP contribution in [0.3, 0.4) is 0 Å². The van der Waals surface area contributed by atoms with Crippen molar-refractivity contribution in [2.45, 2.75) is 53.8 Å². The number of hydrogen-bond donors (Lipinski definition) is 0. The molecule has 1 aliphatic carbocycles. The van der Waals surface area contributed by atoms with Gasteiger partial charge in [0.1, 0.15) is 0 Å². The van der Waals surface area contributed by atoms with Crippen LogP contribution in [0.4, 0.5) is 5.69 Å². The van der Waals surface area contributed by atoms with Crippen molar-refractivity contribution >= 4 is 21.9 Å². The number of rotatable bonds is 3. The van der Waals surface area contributed by atoms with Gasteiger partial charge in [-0.25, -0.2) is 0 Å². The number of nitrogens with zero attached hydrogens (tertiary/aromatic N) is 1. The Bertz CT molecular complexity index is 1540. The van der Waals surface area contributed by atoms with E-state index in [-0.39, 0.29) is 30.2 Å². The largest absolute Gasteiger partial charge is 1.00 e. The first kappa shape index (κ1) is 35.2. The van der Waals surface area contributed by atoms with Gasteiger partial charge in [-0.05, 0) is 30.5 Å². The fourth-order valence-corrected chi connectivity index (χ4v) is 5.07. The minimum Gasteiger partial charge on any atom is -1.00 e. The van der Waals surface area contributed by atoms with Crippen molar-refractivity contribution in [3.05, 3.63) is 131 Å². The number of halogens is 2. The minimum atomic E-state index is 0. The van der Waals surface area contributed by atoms with Crippen LogP contribution in [0.2, 0.25) is 13.1 Å². The number of anilines is 1. The summed E-state index contributed by atoms with van der Waals surface area (Å²) in [6.45, 7) is 15.6. The van der Waals surface area contributed by atoms with Gasteiger partial charge in [0.25, 0.3) is 0 Å². The normalized spacial score (nSPS) is 14.8. The maximum Gasteiger partial charge on any atom is -0.0279 e. The molecule has 0 saturated heterocycles. The van der Waals surface area contributed by atoms with Gasteiger partial charge in [0.2, 0.25) is 0 Å². The van der Waals surface area contributed by atoms with E-state index in [1.165, 1.54) is 55.6 Å². The molecule has 1 aliphatic heterocycles. The average molecular weight is 676 g/mol. The molecule has 1 nitrogen and oxygen atoms in total. The van der Waals surface area contributed by atoms with Gasteiger partial charge < -0.3 is 29.7 Å². The fourth-order valence-electron chi connectivity index (χ4n) is 5.07. The molecule has 1 heterocycles. The molecule has 0 N–H and O–H groups in total. The van der Waals surface area contributed by atoms with Crippen molar-refractivity contribution in [1.29, 1.82) is 0 Å². The molecule has 0 aromatic heterocycles. The van der Waals surface area contributed by atoms with Crippen molar-refractivity contribution in [3.8, 4) is 11.1 Å². The molecule has 2 aliphatic rings. The zero-order valence-electron chi connectivity index (χ0n) is 25.1. The van der Waals surface area contributed by atoms with Crippen LogP contribution in [0.1, 0.15) is 31.9 Å². The van der Waals surface area contributed by atoms with Gasteiger partial charge in [0.05, 0.1) is 0 Å². The van der Waals surface area contributed by atoms with Crippen LogP contribution in [0.15, 0.2) is 114 Å². The number of benzene rings is 3. The molecule has 41 heavy (non-hydrogen) atoms. The summed E-state index contributed by atoms with van der Waals surface area (Å²) >= 11 is 1.74. The molecule has 0 radical (unpaired) electrons. The number of fused-ring (bicyclic) bond motifs is 2. The smallest absolute Gasteiger partial charge is 0.0279 e. The van der Waals surface area contributed by atoms with Crippen molar-refractivity contribution < 1.29 is 48.1 Å². The van der Waals surface area contributed by atoms with E-state index in [9.17, 15) is 0 Å². The van der Waals surface area contributed by atoms with Gasteiger partial charge >= 0.3 is 41.9 Å². The zero-order chi connectivity index (χ0) is 28.1. The first-order valence-electron chi connectivity index (χ1n) is 13.8. The molecule has 4 aromatic rings. The molecule has 0 bridgehead atoms. The summed E-state index contributed by atoms with van der Waals surface area (Å²) in [6, 6.07) is 30.6. The third kappa shape index (κ3) is 8.74. The number of aryl methyl sites for hydroxylation is 2. The van der Waals surface area contributed by atoms with Gasteiger partial charge in [-0.15, -0.1) is 63.4 Å². The molecule has 212 valence electrons. The zero-order valence-corrected chi connectivity index (χ0v) is 30.1. The Balaban J connectivity index is 0.000000244. The van der Waals surface area contributed by atoms with E-state index in [4.69, 9.17) is 0 Å². The third-order valence-corrected chi connectivity index (χ3v) is 6.91. The predicted octanol–water partition coefficient (Wildman–Crippen LogP) is 3.74. The van der Waals surface area contributed by atoms with E-state index in [2.05, 4.69) is 156 Å². The molecule has 5 heteroatoms. The maximum absolute atomic E-state index is 3.53. The van der Waals surface area contributed by atoms with Crippen molar-refractivity contribution in [3.63, 3.8) is 0 Å². The summed E-state index contributed by atoms with van der Waals surface area (Å²) < 4.78 is 0. The van der Waals surface area contributed by atoms with Crippen LogP contribution in [-0.2, 0) is 23.3 Å². The molecule has 0 saturated carbocycles. The Morgan fingerprint density at radius 2 is 1.49 bits per heavy atom. The van der Waals surface area contributed by atoms with Crippen LogP contribution in [0.25, 0.3) is 21.9 Å². The van der Waals surface area contributed by atoms with E-state index in [1.807, 2.05) is 0 Å². The minimum absolute atomic E-state index is 0. The van der Waals surface area contributed by atoms with Crippen LogP contribution in [-0.4, -0.2) is 11.5 Å². The first-order chi connectivity index (χ1) is 18.7. The standard InChI is InChI=1S/C17H18N.C17H15.C2H6Si.2ClH.Zr/c1-12(2)14-10-15-9-13(3)18(17(15)11-14)16-7-5-4-6-8-16;1-12-10-16-13(2)8-9-15(17(16)11-12)14-6-4-3-5-7-14;1-3-2;;;/h4-9,11-13H,1-3H3;3-11H,1-2H3;1-2H3;2*1H;/q2*-1;;;;+2/p-2. The van der Waals surface area contributed by atoms with Crippen LogP contribution < -0.4 is 29.7 Å². The molecule has 6 rings (SSSR count). The molecule has 0 spiro atoms. The Kier molecular flexibility index (Phi) is 13.7. The Hall–Kier alpha value is -2.03. The molecular weight excluding hydrogens is 637 g/mol. The summed E-state index contributed by atoms with van der Waals surface area (Å²) in [6.07, 6.45) is 8.11. The monoisotopic (exact) mass is 673 g/mol. The molecule has 0 amide bonds. The van der Waals surface area contributed by atoms with Gasteiger partial charge in [-0.2, -0.15) is 6.07 Å². The fraction of sp³-hybridized carbons (Fsp3) is 0.250. The van der Waals surface area contributed by atoms with Gasteiger partial charge in [0.15, 0.2) is 0 Å². The summed E-state index contributed by atoms with van der Waals surface area (Å²) in [5, 5.41) is 2.75. The number of allylic oxidation sites excluding steroid dienone is 3. The molecule has 1 atom stereocenters. The average Bonchev–Trinajstić information content (AvgIpc) is 3.57. The molecule has 0 fully saturated rings. The summed E-state index contributed by atoms with van der Waals surface area (Å²) in [5.41, 5.74) is 10.7. The Labute approximate surface area is 275 Å². The van der Waals surface area contributed by atoms with Crippen molar-refractivity contribution in [2.75, 3.05) is 4.90 Å². The van der Waals surface area contributed by atoms with E-state index in [0.717, 1.165) is 0 Å². The second-order valence-electron chi connectivity index (χ2n) is 10.9. The van der Waals surface area contributed by atoms with Crippen molar-refractivity contribution in [1.82, 2.24) is 0 Å². The van der Waals surface area contributed by atoms with Crippen LogP contribution in [0.5, 0.6) is 0 Å². The maximum atomic E-state index is 3.53. The second kappa shape index (κ2) is 16.0. The van der Waals surface area contributed by atoms with Crippen LogP contribution >= 0.6 is 0 Å². The van der Waals surface area contributed by atoms with Crippen molar-refractivity contribution in [2.24, 2.45) is 5.92 Å². The summed E-state index contributed by atoms with van der Waals surface area (Å²) in [4.78, 5) is 2.39. The SMILES string of the molecule is CC(C)C1=[C-]C2=CC(C)N(c3ccccc3)C2=C1.C[Si](C)=[Zr+2].Cc1cc2c(-c3ccccc3)ccc(C)c2[cH-]1.[Cl-].[Cl-]. The Morgan fingerprint density at radius 1 is 0.902 bits per heavy atom. The molecule has 4 aromatic carbocycles. The van der Waals surface area contributed by atoms with E-state index >= 15 is 0 Å². The van der Waals surface area contributed by atoms with Crippen LogP contribution in [0, 0.1) is 25.8 Å². The quantitative estimate of drug-likeness (QED) is 0.237. The van der Waals surface area contributed by atoms with E-state index in [0.29, 0.717) is 12.0 Å². The van der Waals surface area contributed by atoms with Gasteiger partial charge in [-0.3, -0.25) is 0 Å². The predicted molar refractivity (Wildman–Crippen MR) is 168 cm³/mol. The Morgan fingerprint density at radius 3 is 2.07 bits per heavy atom. The third-order valence-electron chi connectivity index (χ3n) is 6.91. The summed E-state index contributed by atoms with van der Waals surface area (Å²) in [7, 11) is 0. The van der Waals surface area contributed by atoms with E-state index in [1.54, 1.807) is 23.3 Å². The summed E-state index contributed by atoms with van der Waals surface area (Å²) in [5.74, 6) is 0.539. The number of hydrogen-bond acceptors (Lipinski definition) is 1. The topological polar surface area (TPSA) is 3.24 Å². The molecule has 1 unspecified atom stereocenters. The first-order valence-corrected chi connectivity index (χ1v) is 20.0.